The van der Waals surface area contributed by atoms with Gasteiger partial charge in [0.25, 0.3) is 0 Å². The second-order valence-electron chi connectivity index (χ2n) is 4.30. The van der Waals surface area contributed by atoms with E-state index in [-0.39, 0.29) is 11.8 Å². The second kappa shape index (κ2) is 6.10. The molecule has 5 nitrogen and oxygen atoms in total. The molecule has 0 saturated heterocycles. The lowest BCUT2D eigenvalue weighted by Gasteiger charge is -2.09. The predicted molar refractivity (Wildman–Crippen MR) is 92.2 cm³/mol. The van der Waals surface area contributed by atoms with Crippen LogP contribution in [0.5, 0.6) is 5.75 Å². The standard InChI is InChI=1S/C13H11Br3N2O3/c1-5(19)17-11-9-8(18(6(2)20)13(11)16)4-7(14)12(21-3)10(9)15/h4H,1-3H3,(H,17,19). The van der Waals surface area contributed by atoms with Gasteiger partial charge in [-0.2, -0.15) is 0 Å². The van der Waals surface area contributed by atoms with Crippen molar-refractivity contribution in [2.45, 2.75) is 13.8 Å². The largest absolute Gasteiger partial charge is 0.494 e. The van der Waals surface area contributed by atoms with Crippen LogP contribution in [0.25, 0.3) is 10.9 Å². The van der Waals surface area contributed by atoms with Gasteiger partial charge in [-0.05, 0) is 53.9 Å². The number of benzene rings is 1. The van der Waals surface area contributed by atoms with Crippen LogP contribution in [-0.2, 0) is 4.79 Å². The molecule has 1 heterocycles. The fraction of sp³-hybridized carbons (Fsp3) is 0.231. The number of fused-ring (bicyclic) bond motifs is 1. The maximum absolute atomic E-state index is 11.9. The van der Waals surface area contributed by atoms with Crippen molar-refractivity contribution in [2.24, 2.45) is 0 Å². The fourth-order valence-electron chi connectivity index (χ4n) is 2.11. The van der Waals surface area contributed by atoms with Crippen LogP contribution < -0.4 is 10.1 Å². The minimum atomic E-state index is -0.230. The Morgan fingerprint density at radius 3 is 2.33 bits per heavy atom. The molecule has 0 aliphatic heterocycles. The summed E-state index contributed by atoms with van der Waals surface area (Å²) in [5.41, 5.74) is 1.17. The van der Waals surface area contributed by atoms with E-state index >= 15 is 0 Å². The molecule has 0 aliphatic carbocycles. The van der Waals surface area contributed by atoms with Gasteiger partial charge in [-0.3, -0.25) is 14.2 Å². The molecule has 0 radical (unpaired) electrons. The van der Waals surface area contributed by atoms with Crippen LogP contribution >= 0.6 is 47.8 Å². The van der Waals surface area contributed by atoms with E-state index < -0.39 is 0 Å². The van der Waals surface area contributed by atoms with Gasteiger partial charge in [-0.25, -0.2) is 0 Å². The van der Waals surface area contributed by atoms with Gasteiger partial charge >= 0.3 is 0 Å². The van der Waals surface area contributed by atoms with Crippen molar-refractivity contribution in [3.05, 3.63) is 19.6 Å². The third-order valence-electron chi connectivity index (χ3n) is 2.87. The first-order valence-electron chi connectivity index (χ1n) is 5.84. The molecule has 0 atom stereocenters. The summed E-state index contributed by atoms with van der Waals surface area (Å²) in [7, 11) is 1.55. The van der Waals surface area contributed by atoms with Gasteiger partial charge in [0.2, 0.25) is 11.8 Å². The number of hydrogen-bond acceptors (Lipinski definition) is 3. The van der Waals surface area contributed by atoms with Crippen molar-refractivity contribution in [1.82, 2.24) is 4.57 Å². The monoisotopic (exact) mass is 480 g/mol. The first-order chi connectivity index (χ1) is 9.79. The van der Waals surface area contributed by atoms with Gasteiger partial charge in [0.1, 0.15) is 10.4 Å². The number of nitrogens with zero attached hydrogens (tertiary/aromatic N) is 1. The molecule has 1 N–H and O–H groups in total. The SMILES string of the molecule is COc1c(Br)cc2c(c1Br)c(NC(C)=O)c(Br)n2C(C)=O. The van der Waals surface area contributed by atoms with E-state index in [2.05, 4.69) is 53.1 Å². The highest BCUT2D eigenvalue weighted by molar-refractivity contribution is 9.11. The van der Waals surface area contributed by atoms with Gasteiger partial charge in [0.15, 0.2) is 0 Å². The Kier molecular flexibility index (Phi) is 4.79. The molecular formula is C13H11Br3N2O3. The number of methoxy groups -OCH3 is 1. The second-order valence-corrected chi connectivity index (χ2v) is 6.70. The highest BCUT2D eigenvalue weighted by Gasteiger charge is 2.24. The van der Waals surface area contributed by atoms with Gasteiger partial charge in [0, 0.05) is 19.2 Å². The molecule has 1 amide bonds. The number of hydrogen-bond donors (Lipinski definition) is 1. The zero-order chi connectivity index (χ0) is 15.9. The Labute approximate surface area is 146 Å². The number of rotatable bonds is 2. The number of halogens is 3. The van der Waals surface area contributed by atoms with E-state index in [0.717, 1.165) is 0 Å². The minimum absolute atomic E-state index is 0.174. The van der Waals surface area contributed by atoms with Crippen LogP contribution in [0.1, 0.15) is 18.6 Å². The first-order valence-corrected chi connectivity index (χ1v) is 8.21. The van der Waals surface area contributed by atoms with Crippen LogP contribution in [-0.4, -0.2) is 23.5 Å². The van der Waals surface area contributed by atoms with E-state index in [1.807, 2.05) is 0 Å². The Bertz CT molecular complexity index is 768. The molecule has 0 unspecified atom stereocenters. The Morgan fingerprint density at radius 1 is 1.24 bits per heavy atom. The van der Waals surface area contributed by atoms with Gasteiger partial charge < -0.3 is 10.1 Å². The summed E-state index contributed by atoms with van der Waals surface area (Å²) in [5.74, 6) is 0.182. The van der Waals surface area contributed by atoms with Gasteiger partial charge in [-0.15, -0.1) is 0 Å². The number of aromatic nitrogens is 1. The summed E-state index contributed by atoms with van der Waals surface area (Å²) >= 11 is 10.3. The maximum Gasteiger partial charge on any atom is 0.228 e. The molecule has 21 heavy (non-hydrogen) atoms. The normalized spacial score (nSPS) is 10.8. The molecule has 0 saturated carbocycles. The smallest absolute Gasteiger partial charge is 0.228 e. The minimum Gasteiger partial charge on any atom is -0.494 e. The van der Waals surface area contributed by atoms with Crippen molar-refractivity contribution in [1.29, 1.82) is 0 Å². The van der Waals surface area contributed by atoms with Gasteiger partial charge in [0.05, 0.1) is 27.3 Å². The summed E-state index contributed by atoms with van der Waals surface area (Å²) < 4.78 is 8.66. The highest BCUT2D eigenvalue weighted by atomic mass is 79.9. The number of nitrogens with one attached hydrogen (secondary N) is 1. The topological polar surface area (TPSA) is 60.3 Å². The third kappa shape index (κ3) is 2.76. The summed E-state index contributed by atoms with van der Waals surface area (Å²) in [6.07, 6.45) is 0. The van der Waals surface area contributed by atoms with E-state index in [4.69, 9.17) is 4.74 Å². The average Bonchev–Trinajstić information content (AvgIpc) is 2.62. The zero-order valence-corrected chi connectivity index (χ0v) is 16.1. The number of amides is 1. The molecular weight excluding hydrogens is 472 g/mol. The average molecular weight is 483 g/mol. The summed E-state index contributed by atoms with van der Waals surface area (Å²) in [5, 5.41) is 3.43. The summed E-state index contributed by atoms with van der Waals surface area (Å²) in [6.45, 7) is 2.86. The molecule has 1 aromatic carbocycles. The Balaban J connectivity index is 2.98. The summed E-state index contributed by atoms with van der Waals surface area (Å²) in [6, 6.07) is 1.77. The lowest BCUT2D eigenvalue weighted by Crippen LogP contribution is -2.08. The Morgan fingerprint density at radius 2 is 1.86 bits per heavy atom. The van der Waals surface area contributed by atoms with Crippen molar-refractivity contribution in [3.8, 4) is 5.75 Å². The van der Waals surface area contributed by atoms with Crippen molar-refractivity contribution >= 4 is 76.2 Å². The van der Waals surface area contributed by atoms with Gasteiger partial charge in [-0.1, -0.05) is 0 Å². The molecule has 0 aliphatic rings. The van der Waals surface area contributed by atoms with Crippen molar-refractivity contribution in [2.75, 3.05) is 12.4 Å². The van der Waals surface area contributed by atoms with Crippen LogP contribution in [0.3, 0.4) is 0 Å². The quantitative estimate of drug-likeness (QED) is 0.683. The molecule has 0 spiro atoms. The third-order valence-corrected chi connectivity index (χ3v) is 4.97. The molecule has 112 valence electrons. The lowest BCUT2D eigenvalue weighted by molar-refractivity contribution is -0.114. The van der Waals surface area contributed by atoms with E-state index in [0.29, 0.717) is 35.9 Å². The highest BCUT2D eigenvalue weighted by Crippen LogP contribution is 2.46. The Hall–Kier alpha value is -0.860. The molecule has 8 heteroatoms. The number of anilines is 1. The van der Waals surface area contributed by atoms with Crippen LogP contribution in [0.4, 0.5) is 5.69 Å². The molecule has 0 fully saturated rings. The van der Waals surface area contributed by atoms with Crippen LogP contribution in [0.2, 0.25) is 0 Å². The molecule has 2 rings (SSSR count). The predicted octanol–water partition coefficient (Wildman–Crippen LogP) is 4.56. The van der Waals surface area contributed by atoms with Crippen molar-refractivity contribution < 1.29 is 14.3 Å². The van der Waals surface area contributed by atoms with Crippen LogP contribution in [0.15, 0.2) is 19.6 Å². The molecule has 2 aromatic rings. The van der Waals surface area contributed by atoms with E-state index in [9.17, 15) is 9.59 Å². The van der Waals surface area contributed by atoms with E-state index in [1.165, 1.54) is 18.4 Å². The number of ether oxygens (including phenoxy) is 1. The molecule has 0 bridgehead atoms. The number of carbonyl (C=O) groups excluding carboxylic acids is 2. The maximum atomic E-state index is 11.9. The first kappa shape index (κ1) is 16.5. The summed E-state index contributed by atoms with van der Waals surface area (Å²) in [4.78, 5) is 23.4. The fourth-order valence-corrected chi connectivity index (χ4v) is 4.47. The lowest BCUT2D eigenvalue weighted by atomic mass is 10.2. The molecule has 1 aromatic heterocycles. The van der Waals surface area contributed by atoms with E-state index in [1.54, 1.807) is 13.2 Å². The van der Waals surface area contributed by atoms with Crippen molar-refractivity contribution in [3.63, 3.8) is 0 Å². The van der Waals surface area contributed by atoms with Crippen LogP contribution in [0, 0.1) is 0 Å². The number of carbonyl (C=O) groups is 2. The zero-order valence-electron chi connectivity index (χ0n) is 11.4.